The minimum absolute atomic E-state index is 0.419. The Morgan fingerprint density at radius 2 is 1.26 bits per heavy atom. The van der Waals surface area contributed by atoms with Crippen molar-refractivity contribution >= 4 is 0 Å². The molecule has 1 N–H and O–H groups in total. The van der Waals surface area contributed by atoms with E-state index in [0.29, 0.717) is 6.42 Å². The smallest absolute Gasteiger partial charge is 0.200 e. The first-order valence-corrected chi connectivity index (χ1v) is 7.18. The summed E-state index contributed by atoms with van der Waals surface area (Å²) in [6.45, 7) is 8.13. The maximum Gasteiger partial charge on any atom is 0.200 e. The summed E-state index contributed by atoms with van der Waals surface area (Å²) in [4.78, 5) is 0. The molecular weight excluding hydrogens is 319 g/mol. The Morgan fingerprint density at radius 1 is 0.870 bits per heavy atom. The van der Waals surface area contributed by atoms with Gasteiger partial charge in [0.15, 0.2) is 29.6 Å². The van der Waals surface area contributed by atoms with Gasteiger partial charge in [0.05, 0.1) is 12.2 Å². The van der Waals surface area contributed by atoms with Crippen LogP contribution in [0, 0.1) is 39.9 Å². The summed E-state index contributed by atoms with van der Waals surface area (Å²) in [6, 6.07) is 0. The van der Waals surface area contributed by atoms with Crippen LogP contribution in [0.2, 0.25) is 0 Å². The summed E-state index contributed by atoms with van der Waals surface area (Å²) in [6.07, 6.45) is -0.961. The van der Waals surface area contributed by atoms with E-state index in [0.717, 1.165) is 0 Å². The van der Waals surface area contributed by atoms with Crippen molar-refractivity contribution in [2.45, 2.75) is 53.9 Å². The molecule has 0 saturated carbocycles. The molecule has 2 nitrogen and oxygen atoms in total. The van der Waals surface area contributed by atoms with Gasteiger partial charge in [-0.15, -0.1) is 0 Å². The highest BCUT2D eigenvalue weighted by molar-refractivity contribution is 5.23. The zero-order valence-corrected chi connectivity index (χ0v) is 13.7. The zero-order chi connectivity index (χ0) is 18.2. The van der Waals surface area contributed by atoms with Gasteiger partial charge < -0.3 is 9.84 Å². The van der Waals surface area contributed by atoms with Crippen LogP contribution in [-0.4, -0.2) is 11.4 Å². The third kappa shape index (κ3) is 3.50. The number of hydrogen-bond donors (Lipinski definition) is 1. The van der Waals surface area contributed by atoms with Crippen molar-refractivity contribution in [1.29, 1.82) is 0 Å². The summed E-state index contributed by atoms with van der Waals surface area (Å²) in [7, 11) is 0. The molecule has 0 spiro atoms. The first-order chi connectivity index (χ1) is 10.4. The molecule has 0 bridgehead atoms. The average molecular weight is 340 g/mol. The van der Waals surface area contributed by atoms with Gasteiger partial charge in [0, 0.05) is 5.41 Å². The van der Waals surface area contributed by atoms with Gasteiger partial charge >= 0.3 is 0 Å². The number of aliphatic hydroxyl groups excluding tert-OH is 1. The predicted molar refractivity (Wildman–Crippen MR) is 74.9 cm³/mol. The van der Waals surface area contributed by atoms with Gasteiger partial charge in [0.25, 0.3) is 0 Å². The lowest BCUT2D eigenvalue weighted by Gasteiger charge is -2.44. The van der Waals surface area contributed by atoms with E-state index in [4.69, 9.17) is 4.74 Å². The Balaban J connectivity index is 3.08. The Labute approximate surface area is 132 Å². The lowest BCUT2D eigenvalue weighted by molar-refractivity contribution is -0.210. The average Bonchev–Trinajstić information content (AvgIpc) is 2.48. The molecule has 2 atom stereocenters. The summed E-state index contributed by atoms with van der Waals surface area (Å²) >= 11 is 0. The van der Waals surface area contributed by atoms with E-state index in [1.54, 1.807) is 13.8 Å². The van der Waals surface area contributed by atoms with Crippen molar-refractivity contribution in [3.63, 3.8) is 0 Å². The molecule has 23 heavy (non-hydrogen) atoms. The van der Waals surface area contributed by atoms with Crippen molar-refractivity contribution < 1.29 is 31.8 Å². The fourth-order valence-corrected chi connectivity index (χ4v) is 2.20. The van der Waals surface area contributed by atoms with E-state index in [1.165, 1.54) is 0 Å². The first kappa shape index (κ1) is 19.8. The van der Waals surface area contributed by atoms with Crippen LogP contribution in [0.4, 0.5) is 22.0 Å². The molecule has 1 rings (SSSR count). The molecule has 0 aliphatic rings. The lowest BCUT2D eigenvalue weighted by atomic mass is 9.66. The molecule has 0 aliphatic heterocycles. The normalized spacial score (nSPS) is 16.3. The molecule has 1 aromatic rings. The molecular formula is C16H21F5O2. The van der Waals surface area contributed by atoms with Crippen LogP contribution in [0.5, 0.6) is 0 Å². The predicted octanol–water partition coefficient (Wildman–Crippen LogP) is 4.68. The molecule has 0 aromatic heterocycles. The maximum atomic E-state index is 13.6. The third-order valence-electron chi connectivity index (χ3n) is 4.68. The molecule has 0 heterocycles. The Kier molecular flexibility index (Phi) is 5.80. The van der Waals surface area contributed by atoms with Crippen LogP contribution in [0.15, 0.2) is 0 Å². The lowest BCUT2D eigenvalue weighted by Crippen LogP contribution is -2.44. The van der Waals surface area contributed by atoms with Crippen molar-refractivity contribution in [2.75, 3.05) is 0 Å². The fraction of sp³-hybridized carbons (Fsp3) is 0.625. The van der Waals surface area contributed by atoms with Crippen molar-refractivity contribution in [3.05, 3.63) is 34.6 Å². The highest BCUT2D eigenvalue weighted by atomic mass is 19.2. The van der Waals surface area contributed by atoms with Gasteiger partial charge in [0.2, 0.25) is 5.82 Å². The Bertz CT molecular complexity index is 554. The first-order valence-electron chi connectivity index (χ1n) is 7.18. The monoisotopic (exact) mass is 340 g/mol. The van der Waals surface area contributed by atoms with E-state index in [-0.39, 0.29) is 0 Å². The van der Waals surface area contributed by atoms with Crippen LogP contribution < -0.4 is 0 Å². The van der Waals surface area contributed by atoms with E-state index < -0.39 is 58.4 Å². The molecule has 0 radical (unpaired) electrons. The molecule has 1 aromatic carbocycles. The van der Waals surface area contributed by atoms with Crippen LogP contribution in [0.25, 0.3) is 0 Å². The van der Waals surface area contributed by atoms with Crippen LogP contribution >= 0.6 is 0 Å². The van der Waals surface area contributed by atoms with Crippen molar-refractivity contribution in [2.24, 2.45) is 10.8 Å². The second-order valence-electron chi connectivity index (χ2n) is 6.73. The highest BCUT2D eigenvalue weighted by Gasteiger charge is 2.43. The summed E-state index contributed by atoms with van der Waals surface area (Å²) < 4.78 is 71.5. The SMILES string of the molecule is CCC(C)(C(O)OCc1c(F)c(F)c(F)c(F)c1F)C(C)(C)C. The van der Waals surface area contributed by atoms with Gasteiger partial charge in [-0.25, -0.2) is 22.0 Å². The molecule has 0 aliphatic carbocycles. The van der Waals surface area contributed by atoms with E-state index in [1.807, 2.05) is 20.8 Å². The quantitative estimate of drug-likeness (QED) is 0.365. The number of benzene rings is 1. The molecule has 0 fully saturated rings. The maximum absolute atomic E-state index is 13.6. The Hall–Kier alpha value is -1.21. The molecule has 132 valence electrons. The van der Waals surface area contributed by atoms with Crippen molar-refractivity contribution in [1.82, 2.24) is 0 Å². The number of rotatable bonds is 5. The number of hydrogen-bond acceptors (Lipinski definition) is 2. The number of ether oxygens (including phenoxy) is 1. The van der Waals surface area contributed by atoms with Crippen molar-refractivity contribution in [3.8, 4) is 0 Å². The van der Waals surface area contributed by atoms with Crippen LogP contribution in [0.1, 0.15) is 46.6 Å². The van der Waals surface area contributed by atoms with Crippen LogP contribution in [-0.2, 0) is 11.3 Å². The van der Waals surface area contributed by atoms with E-state index in [2.05, 4.69) is 0 Å². The van der Waals surface area contributed by atoms with Gasteiger partial charge in [-0.1, -0.05) is 34.6 Å². The summed E-state index contributed by atoms with van der Waals surface area (Å²) in [5.41, 5.74) is -2.30. The molecule has 0 amide bonds. The zero-order valence-electron chi connectivity index (χ0n) is 13.7. The molecule has 0 saturated heterocycles. The second kappa shape index (κ2) is 6.73. The number of halogens is 5. The van der Waals surface area contributed by atoms with Gasteiger partial charge in [-0.05, 0) is 11.8 Å². The third-order valence-corrected chi connectivity index (χ3v) is 4.68. The topological polar surface area (TPSA) is 29.5 Å². The minimum atomic E-state index is -2.22. The van der Waals surface area contributed by atoms with Gasteiger partial charge in [0.1, 0.15) is 0 Å². The summed E-state index contributed by atoms with van der Waals surface area (Å²) in [5.74, 6) is -10.2. The van der Waals surface area contributed by atoms with Gasteiger partial charge in [-0.2, -0.15) is 0 Å². The number of aliphatic hydroxyl groups is 1. The standard InChI is InChI=1S/C16H21F5O2/c1-6-16(5,15(2,3)4)14(22)23-7-8-9(17)11(19)13(21)12(20)10(8)18/h14,22H,6-7H2,1-5H3. The molecule has 2 unspecified atom stereocenters. The molecule has 7 heteroatoms. The minimum Gasteiger partial charge on any atom is -0.367 e. The second-order valence-corrected chi connectivity index (χ2v) is 6.73. The van der Waals surface area contributed by atoms with Gasteiger partial charge in [-0.3, -0.25) is 0 Å². The van der Waals surface area contributed by atoms with E-state index >= 15 is 0 Å². The summed E-state index contributed by atoms with van der Waals surface area (Å²) in [5, 5.41) is 10.2. The highest BCUT2D eigenvalue weighted by Crippen LogP contribution is 2.44. The Morgan fingerprint density at radius 3 is 1.61 bits per heavy atom. The van der Waals surface area contributed by atoms with Crippen LogP contribution in [0.3, 0.4) is 0 Å². The fourth-order valence-electron chi connectivity index (χ4n) is 2.20. The largest absolute Gasteiger partial charge is 0.367 e. The van der Waals surface area contributed by atoms with E-state index in [9.17, 15) is 27.1 Å².